The lowest BCUT2D eigenvalue weighted by Gasteiger charge is -2.11. The second-order valence-corrected chi connectivity index (χ2v) is 8.82. The molecule has 0 aliphatic heterocycles. The van der Waals surface area contributed by atoms with Gasteiger partial charge in [-0.15, -0.1) is 0 Å². The Morgan fingerprint density at radius 2 is 2.05 bits per heavy atom. The predicted octanol–water partition coefficient (Wildman–Crippen LogP) is 0.897. The molecular formula is C13H20N2O3S3. The number of nitrogens with one attached hydrogen (secondary N) is 1. The average Bonchev–Trinajstić information content (AvgIpc) is 2.38. The third-order valence-electron chi connectivity index (χ3n) is 3.07. The molecule has 118 valence electrons. The SMILES string of the molecule is CC(CCNS(=O)(=O)Cc1ccccc1C(N)=S)S(C)=O. The molecule has 21 heavy (non-hydrogen) atoms. The fourth-order valence-electron chi connectivity index (χ4n) is 1.73. The molecule has 1 aromatic rings. The van der Waals surface area contributed by atoms with Crippen LogP contribution in [-0.2, 0) is 26.6 Å². The number of rotatable bonds is 8. The monoisotopic (exact) mass is 348 g/mol. The van der Waals surface area contributed by atoms with Crippen molar-refractivity contribution in [1.82, 2.24) is 4.72 Å². The molecule has 0 bridgehead atoms. The fourth-order valence-corrected chi connectivity index (χ4v) is 3.57. The van der Waals surface area contributed by atoms with E-state index in [4.69, 9.17) is 18.0 Å². The van der Waals surface area contributed by atoms with E-state index in [1.54, 1.807) is 30.5 Å². The van der Waals surface area contributed by atoms with Crippen LogP contribution in [0.3, 0.4) is 0 Å². The molecule has 2 unspecified atom stereocenters. The molecule has 0 heterocycles. The van der Waals surface area contributed by atoms with Crippen molar-refractivity contribution in [1.29, 1.82) is 0 Å². The van der Waals surface area contributed by atoms with Crippen molar-refractivity contribution in [2.24, 2.45) is 5.73 Å². The summed E-state index contributed by atoms with van der Waals surface area (Å²) in [5.41, 5.74) is 6.73. The minimum Gasteiger partial charge on any atom is -0.389 e. The maximum Gasteiger partial charge on any atom is 0.215 e. The normalized spacial score (nSPS) is 14.6. The van der Waals surface area contributed by atoms with Gasteiger partial charge in [0.15, 0.2) is 0 Å². The van der Waals surface area contributed by atoms with Gasteiger partial charge in [-0.3, -0.25) is 4.21 Å². The van der Waals surface area contributed by atoms with Gasteiger partial charge in [-0.05, 0) is 12.0 Å². The van der Waals surface area contributed by atoms with E-state index in [0.717, 1.165) is 0 Å². The van der Waals surface area contributed by atoms with E-state index in [-0.39, 0.29) is 22.5 Å². The second-order valence-electron chi connectivity index (χ2n) is 4.77. The summed E-state index contributed by atoms with van der Waals surface area (Å²) < 4.78 is 37.8. The summed E-state index contributed by atoms with van der Waals surface area (Å²) in [5.74, 6) is -0.176. The molecular weight excluding hydrogens is 328 g/mol. The number of nitrogens with two attached hydrogens (primary N) is 1. The highest BCUT2D eigenvalue weighted by molar-refractivity contribution is 7.88. The summed E-state index contributed by atoms with van der Waals surface area (Å²) >= 11 is 4.92. The Labute approximate surface area is 133 Å². The van der Waals surface area contributed by atoms with Crippen LogP contribution in [0, 0.1) is 0 Å². The van der Waals surface area contributed by atoms with Gasteiger partial charge in [0, 0.05) is 34.4 Å². The highest BCUT2D eigenvalue weighted by atomic mass is 32.2. The Morgan fingerprint density at radius 3 is 2.62 bits per heavy atom. The van der Waals surface area contributed by atoms with Gasteiger partial charge in [-0.25, -0.2) is 13.1 Å². The molecule has 0 radical (unpaired) electrons. The maximum absolute atomic E-state index is 12.1. The topological polar surface area (TPSA) is 89.3 Å². The molecule has 0 aromatic heterocycles. The maximum atomic E-state index is 12.1. The van der Waals surface area contributed by atoms with E-state index in [9.17, 15) is 12.6 Å². The summed E-state index contributed by atoms with van der Waals surface area (Å²) in [6.07, 6.45) is 2.14. The molecule has 5 nitrogen and oxygen atoms in total. The zero-order valence-electron chi connectivity index (χ0n) is 12.0. The van der Waals surface area contributed by atoms with Gasteiger partial charge >= 0.3 is 0 Å². The number of hydrogen-bond donors (Lipinski definition) is 2. The fraction of sp³-hybridized carbons (Fsp3) is 0.462. The number of benzene rings is 1. The second kappa shape index (κ2) is 7.98. The zero-order chi connectivity index (χ0) is 16.0. The number of thiocarbonyl (C=S) groups is 1. The molecule has 3 N–H and O–H groups in total. The molecule has 0 saturated carbocycles. The van der Waals surface area contributed by atoms with Crippen LogP contribution in [0.25, 0.3) is 0 Å². The predicted molar refractivity (Wildman–Crippen MR) is 91.1 cm³/mol. The van der Waals surface area contributed by atoms with E-state index < -0.39 is 20.8 Å². The van der Waals surface area contributed by atoms with Crippen LogP contribution in [0.1, 0.15) is 24.5 Å². The summed E-state index contributed by atoms with van der Waals surface area (Å²) in [6, 6.07) is 6.90. The minimum atomic E-state index is -3.48. The molecule has 0 aliphatic carbocycles. The lowest BCUT2D eigenvalue weighted by atomic mass is 10.1. The van der Waals surface area contributed by atoms with Crippen molar-refractivity contribution in [3.8, 4) is 0 Å². The zero-order valence-corrected chi connectivity index (χ0v) is 14.5. The summed E-state index contributed by atoms with van der Waals surface area (Å²) in [7, 11) is -4.43. The minimum absolute atomic E-state index is 0.0448. The smallest absolute Gasteiger partial charge is 0.215 e. The Morgan fingerprint density at radius 1 is 1.43 bits per heavy atom. The highest BCUT2D eigenvalue weighted by Gasteiger charge is 2.15. The lowest BCUT2D eigenvalue weighted by molar-refractivity contribution is 0.577. The first-order chi connectivity index (χ1) is 9.73. The third kappa shape index (κ3) is 6.21. The van der Waals surface area contributed by atoms with Crippen LogP contribution in [0.2, 0.25) is 0 Å². The highest BCUT2D eigenvalue weighted by Crippen LogP contribution is 2.12. The first kappa shape index (κ1) is 18.2. The summed E-state index contributed by atoms with van der Waals surface area (Å²) in [6.45, 7) is 2.09. The Bertz CT molecular complexity index is 629. The molecule has 1 aromatic carbocycles. The van der Waals surface area contributed by atoms with Crippen molar-refractivity contribution < 1.29 is 12.6 Å². The van der Waals surface area contributed by atoms with Crippen LogP contribution in [0.4, 0.5) is 0 Å². The first-order valence-corrected chi connectivity index (χ1v) is 10.1. The molecule has 0 aliphatic rings. The third-order valence-corrected chi connectivity index (χ3v) is 5.99. The van der Waals surface area contributed by atoms with Gasteiger partial charge in [0.05, 0.1) is 5.75 Å². The van der Waals surface area contributed by atoms with Crippen LogP contribution < -0.4 is 10.5 Å². The van der Waals surface area contributed by atoms with Crippen LogP contribution in [0.15, 0.2) is 24.3 Å². The first-order valence-electron chi connectivity index (χ1n) is 6.40. The van der Waals surface area contributed by atoms with Gasteiger partial charge < -0.3 is 5.73 Å². The van der Waals surface area contributed by atoms with Crippen molar-refractivity contribution >= 4 is 38.0 Å². The lowest BCUT2D eigenvalue weighted by Crippen LogP contribution is -2.29. The van der Waals surface area contributed by atoms with Crippen molar-refractivity contribution in [3.05, 3.63) is 35.4 Å². The van der Waals surface area contributed by atoms with Gasteiger partial charge in [0.1, 0.15) is 4.99 Å². The van der Waals surface area contributed by atoms with Crippen LogP contribution in [-0.4, -0.2) is 35.7 Å². The molecule has 1 rings (SSSR count). The molecule has 0 fully saturated rings. The average molecular weight is 349 g/mol. The molecule has 2 atom stereocenters. The standard InChI is InChI=1S/C13H20N2O3S3/c1-10(20(2)16)7-8-15-21(17,18)9-11-5-3-4-6-12(11)13(14)19/h3-6,10,15H,7-9H2,1-2H3,(H2,14,19). The Hall–Kier alpha value is -0.830. The van der Waals surface area contributed by atoms with Crippen molar-refractivity contribution in [3.63, 3.8) is 0 Å². The molecule has 0 saturated heterocycles. The van der Waals surface area contributed by atoms with Gasteiger partial charge in [-0.1, -0.05) is 43.4 Å². The van der Waals surface area contributed by atoms with E-state index in [2.05, 4.69) is 4.72 Å². The van der Waals surface area contributed by atoms with Crippen LogP contribution >= 0.6 is 12.2 Å². The summed E-state index contributed by atoms with van der Waals surface area (Å²) in [5, 5.41) is -0.0448. The van der Waals surface area contributed by atoms with Crippen molar-refractivity contribution in [2.75, 3.05) is 12.8 Å². The Kier molecular flexibility index (Phi) is 6.92. The van der Waals surface area contributed by atoms with Gasteiger partial charge in [0.2, 0.25) is 10.0 Å². The van der Waals surface area contributed by atoms with E-state index >= 15 is 0 Å². The van der Waals surface area contributed by atoms with E-state index in [0.29, 0.717) is 17.5 Å². The molecule has 0 spiro atoms. The molecule has 0 amide bonds. The number of hydrogen-bond acceptors (Lipinski definition) is 4. The largest absolute Gasteiger partial charge is 0.389 e. The molecule has 8 heteroatoms. The van der Waals surface area contributed by atoms with Crippen molar-refractivity contribution in [2.45, 2.75) is 24.3 Å². The number of sulfonamides is 1. The summed E-state index contributed by atoms with van der Waals surface area (Å²) in [4.78, 5) is 0.177. The Balaban J connectivity index is 2.69. The van der Waals surface area contributed by atoms with Crippen LogP contribution in [0.5, 0.6) is 0 Å². The van der Waals surface area contributed by atoms with Gasteiger partial charge in [0.25, 0.3) is 0 Å². The van der Waals surface area contributed by atoms with E-state index in [1.165, 1.54) is 0 Å². The quantitative estimate of drug-likeness (QED) is 0.681. The van der Waals surface area contributed by atoms with Gasteiger partial charge in [-0.2, -0.15) is 0 Å². The van der Waals surface area contributed by atoms with E-state index in [1.807, 2.05) is 6.92 Å².